The minimum atomic E-state index is -0.958. The molecule has 6 heteroatoms. The summed E-state index contributed by atoms with van der Waals surface area (Å²) in [6.07, 6.45) is 4.92. The summed E-state index contributed by atoms with van der Waals surface area (Å²) in [5.41, 5.74) is 0.965. The molecule has 0 radical (unpaired) electrons. The minimum absolute atomic E-state index is 0.0880. The van der Waals surface area contributed by atoms with Crippen LogP contribution in [0.25, 0.3) is 11.3 Å². The van der Waals surface area contributed by atoms with Crippen molar-refractivity contribution < 1.29 is 19.1 Å². The highest BCUT2D eigenvalue weighted by atomic mass is 16.4. The second-order valence-corrected chi connectivity index (χ2v) is 6.38. The Balaban J connectivity index is 1.53. The molecule has 0 saturated heterocycles. The number of carboxylic acids is 1. The number of carboxylic acid groups (broad SMARTS) is 1. The first-order valence-electron chi connectivity index (χ1n) is 8.60. The smallest absolute Gasteiger partial charge is 0.326 e. The number of oxazole rings is 1. The van der Waals surface area contributed by atoms with Crippen LogP contribution in [0.3, 0.4) is 0 Å². The van der Waals surface area contributed by atoms with Crippen LogP contribution in [0.5, 0.6) is 0 Å². The summed E-state index contributed by atoms with van der Waals surface area (Å²) >= 11 is 0. The highest BCUT2D eigenvalue weighted by molar-refractivity contribution is 5.84. The van der Waals surface area contributed by atoms with Gasteiger partial charge in [0.25, 0.3) is 0 Å². The van der Waals surface area contributed by atoms with Crippen molar-refractivity contribution in [3.05, 3.63) is 42.4 Å². The molecule has 25 heavy (non-hydrogen) atoms. The van der Waals surface area contributed by atoms with E-state index in [-0.39, 0.29) is 11.9 Å². The lowest BCUT2D eigenvalue weighted by Gasteiger charge is -2.26. The fourth-order valence-corrected chi connectivity index (χ4v) is 2.89. The Morgan fingerprint density at radius 1 is 1.32 bits per heavy atom. The van der Waals surface area contributed by atoms with Crippen LogP contribution in [-0.4, -0.2) is 39.0 Å². The first kappa shape index (κ1) is 17.2. The van der Waals surface area contributed by atoms with Crippen molar-refractivity contribution in [2.75, 3.05) is 0 Å². The monoisotopic (exact) mass is 342 g/mol. The van der Waals surface area contributed by atoms with Crippen molar-refractivity contribution in [3.8, 4) is 11.3 Å². The molecular formula is C19H22N2O4. The summed E-state index contributed by atoms with van der Waals surface area (Å²) in [5.74, 6) is 0.240. The van der Waals surface area contributed by atoms with Crippen molar-refractivity contribution in [2.24, 2.45) is 0 Å². The number of hydrogen-bond acceptors (Lipinski definition) is 4. The van der Waals surface area contributed by atoms with E-state index < -0.39 is 12.0 Å². The van der Waals surface area contributed by atoms with Gasteiger partial charge in [-0.2, -0.15) is 0 Å². The molecule has 0 aliphatic heterocycles. The third kappa shape index (κ3) is 4.26. The maximum Gasteiger partial charge on any atom is 0.326 e. The van der Waals surface area contributed by atoms with Crippen LogP contribution < -0.4 is 0 Å². The van der Waals surface area contributed by atoms with Crippen molar-refractivity contribution in [1.29, 1.82) is 0 Å². The van der Waals surface area contributed by atoms with Gasteiger partial charge < -0.3 is 14.4 Å². The fourth-order valence-electron chi connectivity index (χ4n) is 2.89. The lowest BCUT2D eigenvalue weighted by Crippen LogP contribution is -2.44. The SMILES string of the molecule is CC(C(=O)O)N(C(=O)CCCc1ncc(-c2ccccc2)o1)C1CC1. The molecule has 1 N–H and O–H groups in total. The molecule has 2 aromatic rings. The molecule has 1 aromatic heterocycles. The van der Waals surface area contributed by atoms with Crippen LogP contribution in [0, 0.1) is 0 Å². The van der Waals surface area contributed by atoms with Gasteiger partial charge in [0.1, 0.15) is 6.04 Å². The van der Waals surface area contributed by atoms with Crippen molar-refractivity contribution in [2.45, 2.75) is 51.1 Å². The average molecular weight is 342 g/mol. The normalized spacial score (nSPS) is 14.9. The van der Waals surface area contributed by atoms with Gasteiger partial charge in [0.05, 0.1) is 6.20 Å². The number of nitrogens with zero attached hydrogens (tertiary/aromatic N) is 2. The molecule has 1 atom stereocenters. The number of amides is 1. The van der Waals surface area contributed by atoms with E-state index in [4.69, 9.17) is 4.42 Å². The zero-order valence-corrected chi connectivity index (χ0v) is 14.2. The summed E-state index contributed by atoms with van der Waals surface area (Å²) in [4.78, 5) is 29.4. The van der Waals surface area contributed by atoms with Gasteiger partial charge in [-0.05, 0) is 26.2 Å². The molecule has 3 rings (SSSR count). The van der Waals surface area contributed by atoms with Gasteiger partial charge in [0.15, 0.2) is 11.7 Å². The van der Waals surface area contributed by atoms with E-state index in [1.165, 1.54) is 4.90 Å². The number of aromatic nitrogens is 1. The fraction of sp³-hybridized carbons (Fsp3) is 0.421. The summed E-state index contributed by atoms with van der Waals surface area (Å²) in [6, 6.07) is 9.04. The van der Waals surface area contributed by atoms with Gasteiger partial charge in [-0.15, -0.1) is 0 Å². The second kappa shape index (κ2) is 7.51. The zero-order valence-electron chi connectivity index (χ0n) is 14.2. The third-order valence-electron chi connectivity index (χ3n) is 4.40. The van der Waals surface area contributed by atoms with Gasteiger partial charge in [0.2, 0.25) is 5.91 Å². The summed E-state index contributed by atoms with van der Waals surface area (Å²) in [6.45, 7) is 1.57. The first-order chi connectivity index (χ1) is 12.1. The van der Waals surface area contributed by atoms with Gasteiger partial charge in [-0.3, -0.25) is 4.79 Å². The lowest BCUT2D eigenvalue weighted by atomic mass is 10.2. The number of carbonyl (C=O) groups is 2. The maximum absolute atomic E-state index is 12.4. The van der Waals surface area contributed by atoms with Crippen LogP contribution in [0.15, 0.2) is 40.9 Å². The first-order valence-corrected chi connectivity index (χ1v) is 8.60. The zero-order chi connectivity index (χ0) is 17.8. The van der Waals surface area contributed by atoms with E-state index in [0.29, 0.717) is 30.9 Å². The molecule has 6 nitrogen and oxygen atoms in total. The number of rotatable bonds is 8. The Hall–Kier alpha value is -2.63. The molecule has 1 heterocycles. The second-order valence-electron chi connectivity index (χ2n) is 6.38. The Kier molecular flexibility index (Phi) is 5.16. The highest BCUT2D eigenvalue weighted by Crippen LogP contribution is 2.29. The summed E-state index contributed by atoms with van der Waals surface area (Å²) < 4.78 is 5.73. The Morgan fingerprint density at radius 3 is 2.68 bits per heavy atom. The van der Waals surface area contributed by atoms with E-state index in [1.807, 2.05) is 30.3 Å². The van der Waals surface area contributed by atoms with Crippen molar-refractivity contribution in [1.82, 2.24) is 9.88 Å². The predicted octanol–water partition coefficient (Wildman–Crippen LogP) is 3.13. The topological polar surface area (TPSA) is 83.6 Å². The van der Waals surface area contributed by atoms with Crippen LogP contribution in [0.1, 0.15) is 38.5 Å². The van der Waals surface area contributed by atoms with Gasteiger partial charge >= 0.3 is 5.97 Å². The molecule has 1 amide bonds. The lowest BCUT2D eigenvalue weighted by molar-refractivity contribution is -0.150. The van der Waals surface area contributed by atoms with Crippen molar-refractivity contribution >= 4 is 11.9 Å². The number of aryl methyl sites for hydroxylation is 1. The van der Waals surface area contributed by atoms with Gasteiger partial charge in [-0.25, -0.2) is 9.78 Å². The van der Waals surface area contributed by atoms with E-state index >= 15 is 0 Å². The average Bonchev–Trinajstić information content (AvgIpc) is 3.32. The molecule has 1 aliphatic carbocycles. The van der Waals surface area contributed by atoms with E-state index in [1.54, 1.807) is 13.1 Å². The quantitative estimate of drug-likeness (QED) is 0.797. The molecular weight excluding hydrogens is 320 g/mol. The number of hydrogen-bond donors (Lipinski definition) is 1. The van der Waals surface area contributed by atoms with Crippen LogP contribution in [0.4, 0.5) is 0 Å². The minimum Gasteiger partial charge on any atom is -0.480 e. The standard InChI is InChI=1S/C19H22N2O4/c1-13(19(23)24)21(15-10-11-15)18(22)9-5-8-17-20-12-16(25-17)14-6-3-2-4-7-14/h2-4,6-7,12-13,15H,5,8-11H2,1H3,(H,23,24). The third-order valence-corrected chi connectivity index (χ3v) is 4.40. The number of carbonyl (C=O) groups excluding carboxylic acids is 1. The number of aliphatic carboxylic acids is 1. The predicted molar refractivity (Wildman–Crippen MR) is 91.8 cm³/mol. The molecule has 0 spiro atoms. The molecule has 1 aliphatic rings. The molecule has 132 valence electrons. The molecule has 1 fully saturated rings. The maximum atomic E-state index is 12.4. The van der Waals surface area contributed by atoms with E-state index in [9.17, 15) is 14.7 Å². The summed E-state index contributed by atoms with van der Waals surface area (Å²) in [5, 5.41) is 9.17. The molecule has 0 bridgehead atoms. The van der Waals surface area contributed by atoms with Gasteiger partial charge in [-0.1, -0.05) is 30.3 Å². The van der Waals surface area contributed by atoms with Crippen LogP contribution >= 0.6 is 0 Å². The van der Waals surface area contributed by atoms with Crippen LogP contribution in [-0.2, 0) is 16.0 Å². The van der Waals surface area contributed by atoms with Gasteiger partial charge in [0, 0.05) is 24.4 Å². The van der Waals surface area contributed by atoms with Crippen LogP contribution in [0.2, 0.25) is 0 Å². The molecule has 1 aromatic carbocycles. The number of benzene rings is 1. The van der Waals surface area contributed by atoms with E-state index in [0.717, 1.165) is 18.4 Å². The van der Waals surface area contributed by atoms with E-state index in [2.05, 4.69) is 4.98 Å². The van der Waals surface area contributed by atoms with Crippen molar-refractivity contribution in [3.63, 3.8) is 0 Å². The Labute approximate surface area is 146 Å². The molecule has 1 unspecified atom stereocenters. The molecule has 1 saturated carbocycles. The Morgan fingerprint density at radius 2 is 2.04 bits per heavy atom. The largest absolute Gasteiger partial charge is 0.480 e. The Bertz CT molecular complexity index is 737. The summed E-state index contributed by atoms with van der Waals surface area (Å²) in [7, 11) is 0. The highest BCUT2D eigenvalue weighted by Gasteiger charge is 2.37.